The van der Waals surface area contributed by atoms with Crippen LogP contribution < -0.4 is 14.4 Å². The zero-order valence-corrected chi connectivity index (χ0v) is 30.1. The van der Waals surface area contributed by atoms with Crippen molar-refractivity contribution in [2.75, 3.05) is 23.7 Å². The summed E-state index contributed by atoms with van der Waals surface area (Å²) in [6, 6.07) is 29.0. The van der Waals surface area contributed by atoms with Gasteiger partial charge in [0.25, 0.3) is 10.0 Å². The largest absolute Gasteiger partial charge is 0.494 e. The molecule has 4 aromatic rings. The number of halogens is 1. The number of benzene rings is 4. The monoisotopic (exact) mass is 737 g/mol. The van der Waals surface area contributed by atoms with Crippen molar-refractivity contribution in [3.05, 3.63) is 119 Å². The standard InChI is InChI=1S/C36H40BrN3O5S2/c1-5-45-31-16-14-30(15-17-31)40(47(43,44)33-20-18-32(46-4)19-21-33)25-35(41)39(24-28-12-9-13-29(37)22-28)34(36(42)38-26(2)3)23-27-10-7-6-8-11-27/h6-22,26,34H,5,23-25H2,1-4H3,(H,38,42)/t34-/m0/s1. The first-order valence-electron chi connectivity index (χ1n) is 15.3. The first-order valence-corrected chi connectivity index (χ1v) is 18.8. The third-order valence-corrected chi connectivity index (χ3v) is 10.3. The number of carbonyl (C=O) groups is 2. The third kappa shape index (κ3) is 9.85. The summed E-state index contributed by atoms with van der Waals surface area (Å²) in [6.07, 6.45) is 2.15. The van der Waals surface area contributed by atoms with Crippen LogP contribution in [-0.2, 0) is 32.6 Å². The summed E-state index contributed by atoms with van der Waals surface area (Å²) < 4.78 is 36.1. The minimum atomic E-state index is -4.21. The van der Waals surface area contributed by atoms with Gasteiger partial charge in [0.2, 0.25) is 11.8 Å². The average molecular weight is 739 g/mol. The predicted octanol–water partition coefficient (Wildman–Crippen LogP) is 6.93. The molecular formula is C36H40BrN3O5S2. The van der Waals surface area contributed by atoms with Crippen LogP contribution in [0, 0.1) is 0 Å². The lowest BCUT2D eigenvalue weighted by molar-refractivity contribution is -0.140. The lowest BCUT2D eigenvalue weighted by Crippen LogP contribution is -2.54. The first-order chi connectivity index (χ1) is 22.5. The van der Waals surface area contributed by atoms with Crippen molar-refractivity contribution in [3.63, 3.8) is 0 Å². The molecule has 0 bridgehead atoms. The molecule has 1 N–H and O–H groups in total. The quantitative estimate of drug-likeness (QED) is 0.133. The maximum absolute atomic E-state index is 14.6. The number of rotatable bonds is 15. The Morgan fingerprint density at radius 3 is 2.15 bits per heavy atom. The van der Waals surface area contributed by atoms with E-state index in [9.17, 15) is 18.0 Å². The molecule has 0 radical (unpaired) electrons. The molecule has 0 aliphatic heterocycles. The van der Waals surface area contributed by atoms with Gasteiger partial charge in [-0.25, -0.2) is 8.42 Å². The topological polar surface area (TPSA) is 96.0 Å². The number of thioether (sulfide) groups is 1. The number of amides is 2. The van der Waals surface area contributed by atoms with Gasteiger partial charge in [0.05, 0.1) is 17.2 Å². The van der Waals surface area contributed by atoms with E-state index in [1.54, 1.807) is 48.5 Å². The number of ether oxygens (including phenoxy) is 1. The maximum Gasteiger partial charge on any atom is 0.264 e. The predicted molar refractivity (Wildman–Crippen MR) is 192 cm³/mol. The molecule has 0 unspecified atom stereocenters. The molecule has 47 heavy (non-hydrogen) atoms. The zero-order valence-electron chi connectivity index (χ0n) is 26.9. The number of anilines is 1. The molecular weight excluding hydrogens is 698 g/mol. The van der Waals surface area contributed by atoms with Crippen LogP contribution in [-0.4, -0.2) is 56.6 Å². The summed E-state index contributed by atoms with van der Waals surface area (Å²) in [5.41, 5.74) is 1.95. The molecule has 1 atom stereocenters. The van der Waals surface area contributed by atoms with Gasteiger partial charge >= 0.3 is 0 Å². The van der Waals surface area contributed by atoms with Crippen molar-refractivity contribution in [1.29, 1.82) is 0 Å². The van der Waals surface area contributed by atoms with E-state index < -0.39 is 28.5 Å². The van der Waals surface area contributed by atoms with E-state index in [0.717, 1.165) is 24.8 Å². The van der Waals surface area contributed by atoms with E-state index in [1.165, 1.54) is 16.7 Å². The first kappa shape index (κ1) is 36.0. The van der Waals surface area contributed by atoms with E-state index in [0.29, 0.717) is 18.0 Å². The number of hydrogen-bond acceptors (Lipinski definition) is 6. The lowest BCUT2D eigenvalue weighted by Gasteiger charge is -2.34. The highest BCUT2D eigenvalue weighted by Gasteiger charge is 2.35. The van der Waals surface area contributed by atoms with Crippen LogP contribution in [0.3, 0.4) is 0 Å². The van der Waals surface area contributed by atoms with Crippen LogP contribution in [0.2, 0.25) is 0 Å². The number of carbonyl (C=O) groups excluding carboxylic acids is 2. The van der Waals surface area contributed by atoms with Crippen LogP contribution in [0.25, 0.3) is 0 Å². The van der Waals surface area contributed by atoms with Crippen LogP contribution in [0.15, 0.2) is 117 Å². The minimum Gasteiger partial charge on any atom is -0.494 e. The molecule has 0 fully saturated rings. The molecule has 4 rings (SSSR count). The number of nitrogens with one attached hydrogen (secondary N) is 1. The Bertz CT molecular complexity index is 1730. The van der Waals surface area contributed by atoms with Crippen molar-refractivity contribution in [2.45, 2.75) is 55.6 Å². The molecule has 0 aliphatic carbocycles. The van der Waals surface area contributed by atoms with Crippen molar-refractivity contribution < 1.29 is 22.7 Å². The van der Waals surface area contributed by atoms with Gasteiger partial charge in [-0.2, -0.15) is 0 Å². The molecule has 0 spiro atoms. The summed E-state index contributed by atoms with van der Waals surface area (Å²) in [4.78, 5) is 30.9. The van der Waals surface area contributed by atoms with E-state index >= 15 is 0 Å². The molecule has 0 saturated carbocycles. The van der Waals surface area contributed by atoms with E-state index in [-0.39, 0.29) is 29.8 Å². The number of hydrogen-bond donors (Lipinski definition) is 1. The van der Waals surface area contributed by atoms with Crippen LogP contribution in [0.4, 0.5) is 5.69 Å². The van der Waals surface area contributed by atoms with Crippen LogP contribution >= 0.6 is 27.7 Å². The second-order valence-corrected chi connectivity index (χ2v) is 14.8. The van der Waals surface area contributed by atoms with Gasteiger partial charge in [0.1, 0.15) is 18.3 Å². The van der Waals surface area contributed by atoms with Gasteiger partial charge in [0, 0.05) is 28.4 Å². The van der Waals surface area contributed by atoms with Crippen molar-refractivity contribution in [1.82, 2.24) is 10.2 Å². The lowest BCUT2D eigenvalue weighted by atomic mass is 10.0. The molecule has 0 saturated heterocycles. The Hall–Kier alpha value is -3.80. The average Bonchev–Trinajstić information content (AvgIpc) is 3.06. The minimum absolute atomic E-state index is 0.0499. The normalized spacial score (nSPS) is 12.0. The van der Waals surface area contributed by atoms with E-state index in [1.807, 2.05) is 81.6 Å². The Morgan fingerprint density at radius 2 is 1.55 bits per heavy atom. The molecule has 8 nitrogen and oxygen atoms in total. The van der Waals surface area contributed by atoms with Crippen LogP contribution in [0.1, 0.15) is 31.9 Å². The highest BCUT2D eigenvalue weighted by atomic mass is 79.9. The molecule has 0 heterocycles. The highest BCUT2D eigenvalue weighted by molar-refractivity contribution is 9.10. The Morgan fingerprint density at radius 1 is 0.894 bits per heavy atom. The van der Waals surface area contributed by atoms with Crippen molar-refractivity contribution >= 4 is 55.2 Å². The Labute approximate surface area is 290 Å². The molecule has 11 heteroatoms. The van der Waals surface area contributed by atoms with Crippen molar-refractivity contribution in [2.24, 2.45) is 0 Å². The van der Waals surface area contributed by atoms with Gasteiger partial charge in [-0.3, -0.25) is 13.9 Å². The zero-order chi connectivity index (χ0) is 34.0. The summed E-state index contributed by atoms with van der Waals surface area (Å²) in [5.74, 6) is -0.271. The van der Waals surface area contributed by atoms with Crippen molar-refractivity contribution in [3.8, 4) is 5.75 Å². The van der Waals surface area contributed by atoms with Gasteiger partial charge in [-0.15, -0.1) is 11.8 Å². The fraction of sp³-hybridized carbons (Fsp3) is 0.278. The maximum atomic E-state index is 14.6. The van der Waals surface area contributed by atoms with Crippen LogP contribution in [0.5, 0.6) is 5.75 Å². The molecule has 4 aromatic carbocycles. The van der Waals surface area contributed by atoms with Gasteiger partial charge < -0.3 is 15.0 Å². The smallest absolute Gasteiger partial charge is 0.264 e. The fourth-order valence-corrected chi connectivity index (χ4v) is 7.31. The van der Waals surface area contributed by atoms with E-state index in [2.05, 4.69) is 21.2 Å². The summed E-state index contributed by atoms with van der Waals surface area (Å²) in [5, 5.41) is 2.98. The third-order valence-electron chi connectivity index (χ3n) is 7.31. The second-order valence-electron chi connectivity index (χ2n) is 11.1. The van der Waals surface area contributed by atoms with Gasteiger partial charge in [-0.05, 0) is 98.8 Å². The molecule has 0 aromatic heterocycles. The Kier molecular flexibility index (Phi) is 12.9. The summed E-state index contributed by atoms with van der Waals surface area (Å²) in [7, 11) is -4.21. The number of sulfonamides is 1. The summed E-state index contributed by atoms with van der Waals surface area (Å²) >= 11 is 5.01. The second kappa shape index (κ2) is 16.9. The summed E-state index contributed by atoms with van der Waals surface area (Å²) in [6.45, 7) is 5.59. The molecule has 248 valence electrons. The van der Waals surface area contributed by atoms with Gasteiger partial charge in [-0.1, -0.05) is 58.4 Å². The molecule has 2 amide bonds. The highest BCUT2D eigenvalue weighted by Crippen LogP contribution is 2.28. The van der Waals surface area contributed by atoms with Gasteiger partial charge in [0.15, 0.2) is 0 Å². The fourth-order valence-electron chi connectivity index (χ4n) is 5.05. The Balaban J connectivity index is 1.81. The molecule has 0 aliphatic rings. The number of nitrogens with zero attached hydrogens (tertiary/aromatic N) is 2. The SMILES string of the molecule is CCOc1ccc(N(CC(=O)N(Cc2cccc(Br)c2)[C@@H](Cc2ccccc2)C(=O)NC(C)C)S(=O)(=O)c2ccc(SC)cc2)cc1. The van der Waals surface area contributed by atoms with E-state index in [4.69, 9.17) is 4.74 Å².